The van der Waals surface area contributed by atoms with Crippen molar-refractivity contribution < 1.29 is 9.53 Å². The highest BCUT2D eigenvalue weighted by molar-refractivity contribution is 5.76. The van der Waals surface area contributed by atoms with Gasteiger partial charge in [-0.1, -0.05) is 13.3 Å². The Kier molecular flexibility index (Phi) is 5.40. The van der Waals surface area contributed by atoms with Crippen molar-refractivity contribution in [1.82, 2.24) is 5.32 Å². The zero-order valence-corrected chi connectivity index (χ0v) is 11.3. The molecule has 0 aromatic rings. The lowest BCUT2D eigenvalue weighted by atomic mass is 9.93. The molecule has 2 unspecified atom stereocenters. The monoisotopic (exact) mass is 242 g/mol. The van der Waals surface area contributed by atoms with Gasteiger partial charge >= 0.3 is 0 Å². The van der Waals surface area contributed by atoms with Crippen molar-refractivity contribution in [2.75, 3.05) is 13.2 Å². The topological polar surface area (TPSA) is 64.4 Å². The summed E-state index contributed by atoms with van der Waals surface area (Å²) in [7, 11) is 0. The molecule has 0 bridgehead atoms. The maximum Gasteiger partial charge on any atom is 0.220 e. The third-order valence-electron chi connectivity index (χ3n) is 3.45. The number of nitrogens with one attached hydrogen (secondary N) is 1. The third-order valence-corrected chi connectivity index (χ3v) is 3.45. The van der Waals surface area contributed by atoms with E-state index in [1.165, 1.54) is 0 Å². The van der Waals surface area contributed by atoms with Crippen LogP contribution in [0.25, 0.3) is 0 Å². The molecular formula is C13H26N2O2. The SMILES string of the molecule is CCC(CN)CC(=O)NC1CCOC(C)(C)C1. The van der Waals surface area contributed by atoms with E-state index in [-0.39, 0.29) is 17.6 Å². The van der Waals surface area contributed by atoms with E-state index < -0.39 is 0 Å². The lowest BCUT2D eigenvalue weighted by Crippen LogP contribution is -2.46. The average molecular weight is 242 g/mol. The maximum absolute atomic E-state index is 11.8. The fraction of sp³-hybridized carbons (Fsp3) is 0.923. The number of rotatable bonds is 5. The van der Waals surface area contributed by atoms with E-state index >= 15 is 0 Å². The predicted molar refractivity (Wildman–Crippen MR) is 68.6 cm³/mol. The first kappa shape index (κ1) is 14.5. The normalized spacial score (nSPS) is 25.3. The van der Waals surface area contributed by atoms with Crippen LogP contribution in [0.5, 0.6) is 0 Å². The molecule has 1 fully saturated rings. The van der Waals surface area contributed by atoms with Crippen LogP contribution in [0.3, 0.4) is 0 Å². The van der Waals surface area contributed by atoms with E-state index in [1.54, 1.807) is 0 Å². The highest BCUT2D eigenvalue weighted by atomic mass is 16.5. The first-order chi connectivity index (χ1) is 7.96. The van der Waals surface area contributed by atoms with Crippen molar-refractivity contribution in [2.45, 2.75) is 58.1 Å². The summed E-state index contributed by atoms with van der Waals surface area (Å²) in [6, 6.07) is 0.251. The Morgan fingerprint density at radius 2 is 2.29 bits per heavy atom. The Labute approximate surface area is 104 Å². The number of nitrogens with two attached hydrogens (primary N) is 1. The van der Waals surface area contributed by atoms with Crippen molar-refractivity contribution in [2.24, 2.45) is 11.7 Å². The van der Waals surface area contributed by atoms with E-state index in [9.17, 15) is 4.79 Å². The Hall–Kier alpha value is -0.610. The summed E-state index contributed by atoms with van der Waals surface area (Å²) in [5, 5.41) is 3.10. The van der Waals surface area contributed by atoms with E-state index in [1.807, 2.05) is 0 Å². The Morgan fingerprint density at radius 1 is 1.59 bits per heavy atom. The van der Waals surface area contributed by atoms with Gasteiger partial charge in [-0.25, -0.2) is 0 Å². The standard InChI is InChI=1S/C13H26N2O2/c1-4-10(9-14)7-12(16)15-11-5-6-17-13(2,3)8-11/h10-11H,4-9,14H2,1-3H3,(H,15,16). The molecule has 0 radical (unpaired) electrons. The predicted octanol–water partition coefficient (Wildman–Crippen LogP) is 1.44. The van der Waals surface area contributed by atoms with Crippen LogP contribution in [0, 0.1) is 5.92 Å². The number of hydrogen-bond acceptors (Lipinski definition) is 3. The molecule has 4 nitrogen and oxygen atoms in total. The molecule has 3 N–H and O–H groups in total. The zero-order chi connectivity index (χ0) is 12.9. The Bertz CT molecular complexity index is 250. The molecule has 4 heteroatoms. The number of hydrogen-bond donors (Lipinski definition) is 2. The number of ether oxygens (including phenoxy) is 1. The first-order valence-electron chi connectivity index (χ1n) is 6.60. The minimum atomic E-state index is -0.117. The van der Waals surface area contributed by atoms with Gasteiger partial charge in [0.15, 0.2) is 0 Å². The molecule has 1 aliphatic heterocycles. The molecule has 0 spiro atoms. The summed E-state index contributed by atoms with van der Waals surface area (Å²) >= 11 is 0. The second-order valence-electron chi connectivity index (χ2n) is 5.58. The summed E-state index contributed by atoms with van der Waals surface area (Å²) in [4.78, 5) is 11.8. The largest absolute Gasteiger partial charge is 0.375 e. The Morgan fingerprint density at radius 3 is 2.82 bits per heavy atom. The van der Waals surface area contributed by atoms with Gasteiger partial charge in [0.1, 0.15) is 0 Å². The Balaban J connectivity index is 2.35. The summed E-state index contributed by atoms with van der Waals surface area (Å²) in [5.41, 5.74) is 5.49. The fourth-order valence-electron chi connectivity index (χ4n) is 2.30. The number of carbonyl (C=O) groups excluding carboxylic acids is 1. The van der Waals surface area contributed by atoms with Crippen LogP contribution in [0.2, 0.25) is 0 Å². The molecule has 0 aliphatic carbocycles. The summed E-state index contributed by atoms with van der Waals surface area (Å²) in [6.45, 7) is 7.53. The second-order valence-corrected chi connectivity index (χ2v) is 5.58. The molecule has 0 aromatic carbocycles. The second kappa shape index (κ2) is 6.36. The van der Waals surface area contributed by atoms with Crippen molar-refractivity contribution in [3.8, 4) is 0 Å². The van der Waals surface area contributed by atoms with Crippen LogP contribution < -0.4 is 11.1 Å². The lowest BCUT2D eigenvalue weighted by Gasteiger charge is -2.36. The maximum atomic E-state index is 11.8. The summed E-state index contributed by atoms with van der Waals surface area (Å²) < 4.78 is 5.63. The van der Waals surface area contributed by atoms with Gasteiger partial charge in [0, 0.05) is 19.1 Å². The third kappa shape index (κ3) is 5.04. The minimum absolute atomic E-state index is 0.117. The van der Waals surface area contributed by atoms with Crippen molar-refractivity contribution in [3.05, 3.63) is 0 Å². The van der Waals surface area contributed by atoms with Crippen molar-refractivity contribution >= 4 is 5.91 Å². The quantitative estimate of drug-likeness (QED) is 0.766. The number of amides is 1. The van der Waals surface area contributed by atoms with Crippen molar-refractivity contribution in [1.29, 1.82) is 0 Å². The summed E-state index contributed by atoms with van der Waals surface area (Å²) in [5.74, 6) is 0.438. The van der Waals surface area contributed by atoms with Gasteiger partial charge in [-0.2, -0.15) is 0 Å². The molecule has 1 heterocycles. The van der Waals surface area contributed by atoms with Crippen LogP contribution in [-0.2, 0) is 9.53 Å². The fourth-order valence-corrected chi connectivity index (χ4v) is 2.30. The van der Waals surface area contributed by atoms with Crippen LogP contribution in [0.4, 0.5) is 0 Å². The zero-order valence-electron chi connectivity index (χ0n) is 11.3. The average Bonchev–Trinajstić information content (AvgIpc) is 2.24. The molecule has 1 saturated heterocycles. The minimum Gasteiger partial charge on any atom is -0.375 e. The highest BCUT2D eigenvalue weighted by Gasteiger charge is 2.29. The van der Waals surface area contributed by atoms with Crippen LogP contribution in [-0.4, -0.2) is 30.7 Å². The van der Waals surface area contributed by atoms with E-state index in [4.69, 9.17) is 10.5 Å². The van der Waals surface area contributed by atoms with Crippen LogP contribution in [0.15, 0.2) is 0 Å². The number of carbonyl (C=O) groups is 1. The van der Waals surface area contributed by atoms with E-state index in [0.717, 1.165) is 25.9 Å². The molecule has 1 rings (SSSR count). The molecule has 17 heavy (non-hydrogen) atoms. The van der Waals surface area contributed by atoms with Gasteiger partial charge in [-0.05, 0) is 39.2 Å². The van der Waals surface area contributed by atoms with Gasteiger partial charge in [-0.3, -0.25) is 4.79 Å². The summed E-state index contributed by atoms with van der Waals surface area (Å²) in [6.07, 6.45) is 3.31. The molecule has 0 aromatic heterocycles. The molecular weight excluding hydrogens is 216 g/mol. The molecule has 100 valence electrons. The smallest absolute Gasteiger partial charge is 0.220 e. The van der Waals surface area contributed by atoms with Gasteiger partial charge in [-0.15, -0.1) is 0 Å². The van der Waals surface area contributed by atoms with Gasteiger partial charge in [0.05, 0.1) is 5.60 Å². The van der Waals surface area contributed by atoms with E-state index in [0.29, 0.717) is 18.9 Å². The van der Waals surface area contributed by atoms with Crippen LogP contribution >= 0.6 is 0 Å². The van der Waals surface area contributed by atoms with Gasteiger partial charge in [0.25, 0.3) is 0 Å². The molecule has 1 aliphatic rings. The van der Waals surface area contributed by atoms with Crippen molar-refractivity contribution in [3.63, 3.8) is 0 Å². The lowest BCUT2D eigenvalue weighted by molar-refractivity contribution is -0.125. The van der Waals surface area contributed by atoms with Crippen LogP contribution in [0.1, 0.15) is 46.5 Å². The van der Waals surface area contributed by atoms with Gasteiger partial charge in [0.2, 0.25) is 5.91 Å². The molecule has 0 saturated carbocycles. The highest BCUT2D eigenvalue weighted by Crippen LogP contribution is 2.24. The first-order valence-corrected chi connectivity index (χ1v) is 6.60. The van der Waals surface area contributed by atoms with E-state index in [2.05, 4.69) is 26.1 Å². The molecule has 2 atom stereocenters. The van der Waals surface area contributed by atoms with Gasteiger partial charge < -0.3 is 15.8 Å². The molecule has 1 amide bonds.